The Kier molecular flexibility index (Phi) is 4.15. The van der Waals surface area contributed by atoms with Crippen LogP contribution in [0, 0.1) is 5.92 Å². The molecule has 1 aliphatic carbocycles. The Balaban J connectivity index is 1.66. The van der Waals surface area contributed by atoms with Crippen molar-refractivity contribution in [3.05, 3.63) is 42.1 Å². The zero-order chi connectivity index (χ0) is 14.7. The molecule has 0 aliphatic heterocycles. The average molecular weight is 283 g/mol. The first-order valence-electron chi connectivity index (χ1n) is 7.62. The largest absolute Gasteiger partial charge is 0.352 e. The molecule has 0 spiro atoms. The summed E-state index contributed by atoms with van der Waals surface area (Å²) in [6, 6.07) is 9.67. The van der Waals surface area contributed by atoms with Crippen molar-refractivity contribution in [3.8, 4) is 0 Å². The van der Waals surface area contributed by atoms with E-state index < -0.39 is 0 Å². The average Bonchev–Trinajstić information content (AvgIpc) is 2.53. The number of benzene rings is 1. The summed E-state index contributed by atoms with van der Waals surface area (Å²) >= 11 is 0. The lowest BCUT2D eigenvalue weighted by molar-refractivity contribution is 0.0941. The molecule has 0 bridgehead atoms. The van der Waals surface area contributed by atoms with Crippen LogP contribution in [0.5, 0.6) is 0 Å². The molecule has 4 heteroatoms. The minimum Gasteiger partial charge on any atom is -0.352 e. The summed E-state index contributed by atoms with van der Waals surface area (Å²) in [6.07, 6.45) is 6.37. The van der Waals surface area contributed by atoms with E-state index in [2.05, 4.69) is 10.3 Å². The zero-order valence-electron chi connectivity index (χ0n) is 12.1. The lowest BCUT2D eigenvalue weighted by Crippen LogP contribution is -2.41. The van der Waals surface area contributed by atoms with E-state index in [1.165, 1.54) is 12.8 Å². The van der Waals surface area contributed by atoms with Gasteiger partial charge in [0.2, 0.25) is 0 Å². The van der Waals surface area contributed by atoms with Crippen molar-refractivity contribution >= 4 is 16.8 Å². The van der Waals surface area contributed by atoms with Crippen LogP contribution in [0.15, 0.2) is 36.5 Å². The van der Waals surface area contributed by atoms with Gasteiger partial charge < -0.3 is 11.1 Å². The molecule has 3 rings (SSSR count). The lowest BCUT2D eigenvalue weighted by Gasteiger charge is -2.28. The summed E-state index contributed by atoms with van der Waals surface area (Å²) in [5, 5.41) is 4.01. The van der Waals surface area contributed by atoms with Crippen LogP contribution in [0.25, 0.3) is 10.9 Å². The Morgan fingerprint density at radius 1 is 1.29 bits per heavy atom. The number of carbonyl (C=O) groups is 1. The van der Waals surface area contributed by atoms with Crippen molar-refractivity contribution in [3.63, 3.8) is 0 Å². The highest BCUT2D eigenvalue weighted by Gasteiger charge is 2.22. The molecule has 4 nitrogen and oxygen atoms in total. The second kappa shape index (κ2) is 6.22. The van der Waals surface area contributed by atoms with Crippen LogP contribution in [-0.2, 0) is 0 Å². The van der Waals surface area contributed by atoms with Crippen molar-refractivity contribution in [1.29, 1.82) is 0 Å². The van der Waals surface area contributed by atoms with Crippen molar-refractivity contribution in [2.75, 3.05) is 6.54 Å². The van der Waals surface area contributed by atoms with Gasteiger partial charge in [-0.05, 0) is 43.0 Å². The minimum atomic E-state index is -0.0291. The van der Waals surface area contributed by atoms with Crippen LogP contribution in [-0.4, -0.2) is 23.5 Å². The molecule has 2 atom stereocenters. The van der Waals surface area contributed by atoms with Gasteiger partial charge >= 0.3 is 0 Å². The lowest BCUT2D eigenvalue weighted by atomic mass is 9.85. The van der Waals surface area contributed by atoms with Crippen molar-refractivity contribution in [2.45, 2.75) is 31.7 Å². The molecule has 21 heavy (non-hydrogen) atoms. The molecule has 1 heterocycles. The van der Waals surface area contributed by atoms with E-state index in [4.69, 9.17) is 5.73 Å². The summed E-state index contributed by atoms with van der Waals surface area (Å²) in [5.41, 5.74) is 7.71. The number of pyridine rings is 1. The number of nitrogens with zero attached hydrogens (tertiary/aromatic N) is 1. The van der Waals surface area contributed by atoms with Crippen LogP contribution in [0.4, 0.5) is 0 Å². The Labute approximate surface area is 124 Å². The quantitative estimate of drug-likeness (QED) is 0.909. The molecule has 3 N–H and O–H groups in total. The number of amides is 1. The number of aromatic nitrogens is 1. The highest BCUT2D eigenvalue weighted by atomic mass is 16.1. The second-order valence-corrected chi connectivity index (χ2v) is 5.83. The van der Waals surface area contributed by atoms with E-state index in [0.717, 1.165) is 23.7 Å². The van der Waals surface area contributed by atoms with Gasteiger partial charge in [-0.1, -0.05) is 18.9 Å². The molecule has 1 aromatic heterocycles. The summed E-state index contributed by atoms with van der Waals surface area (Å²) in [7, 11) is 0. The first kappa shape index (κ1) is 14.0. The molecule has 110 valence electrons. The van der Waals surface area contributed by atoms with E-state index in [-0.39, 0.29) is 11.9 Å². The molecule has 0 radical (unpaired) electrons. The summed E-state index contributed by atoms with van der Waals surface area (Å²) in [5.74, 6) is 0.378. The number of fused-ring (bicyclic) bond motifs is 1. The van der Waals surface area contributed by atoms with Gasteiger partial charge in [0.1, 0.15) is 0 Å². The standard InChI is InChI=1S/C17H21N3O/c18-15-6-2-1-4-14(15)11-20-17(21)13-7-8-16-12(10-13)5-3-9-19-16/h3,5,7-10,14-15H,1-2,4,6,11,18H2,(H,20,21). The van der Waals surface area contributed by atoms with Crippen molar-refractivity contribution in [1.82, 2.24) is 10.3 Å². The van der Waals surface area contributed by atoms with E-state index in [0.29, 0.717) is 18.0 Å². The fourth-order valence-electron chi connectivity index (χ4n) is 3.03. The third kappa shape index (κ3) is 3.22. The normalized spacial score (nSPS) is 22.1. The zero-order valence-corrected chi connectivity index (χ0v) is 12.1. The highest BCUT2D eigenvalue weighted by Crippen LogP contribution is 2.22. The molecule has 1 aromatic carbocycles. The number of carbonyl (C=O) groups excluding carboxylic acids is 1. The first-order chi connectivity index (χ1) is 10.2. The van der Waals surface area contributed by atoms with Crippen molar-refractivity contribution < 1.29 is 4.79 Å². The topological polar surface area (TPSA) is 68.0 Å². The molecular weight excluding hydrogens is 262 g/mol. The number of hydrogen-bond acceptors (Lipinski definition) is 3. The SMILES string of the molecule is NC1CCCCC1CNC(=O)c1ccc2ncccc2c1. The molecule has 1 aliphatic rings. The van der Waals surface area contributed by atoms with Gasteiger partial charge in [0.15, 0.2) is 0 Å². The Bertz CT molecular complexity index is 641. The monoisotopic (exact) mass is 283 g/mol. The molecule has 1 saturated carbocycles. The third-order valence-electron chi connectivity index (χ3n) is 4.36. The number of nitrogens with two attached hydrogens (primary N) is 1. The van der Waals surface area contributed by atoms with E-state index in [9.17, 15) is 4.79 Å². The first-order valence-corrected chi connectivity index (χ1v) is 7.62. The number of nitrogens with one attached hydrogen (secondary N) is 1. The van der Waals surface area contributed by atoms with Crippen LogP contribution < -0.4 is 11.1 Å². The maximum atomic E-state index is 12.3. The second-order valence-electron chi connectivity index (χ2n) is 5.83. The van der Waals surface area contributed by atoms with Gasteiger partial charge in [0.25, 0.3) is 5.91 Å². The maximum Gasteiger partial charge on any atom is 0.251 e. The van der Waals surface area contributed by atoms with E-state index >= 15 is 0 Å². The summed E-state index contributed by atoms with van der Waals surface area (Å²) in [6.45, 7) is 0.672. The van der Waals surface area contributed by atoms with Gasteiger partial charge in [-0.25, -0.2) is 0 Å². The molecule has 1 fully saturated rings. The predicted octanol–water partition coefficient (Wildman–Crippen LogP) is 2.48. The van der Waals surface area contributed by atoms with Gasteiger partial charge in [0, 0.05) is 29.7 Å². The Morgan fingerprint density at radius 3 is 3.00 bits per heavy atom. The molecule has 1 amide bonds. The molecule has 2 aromatic rings. The molecular formula is C17H21N3O. The highest BCUT2D eigenvalue weighted by molar-refractivity contribution is 5.97. The smallest absolute Gasteiger partial charge is 0.251 e. The molecule has 0 saturated heterocycles. The summed E-state index contributed by atoms with van der Waals surface area (Å²) in [4.78, 5) is 16.5. The Hall–Kier alpha value is -1.94. The van der Waals surface area contributed by atoms with Crippen LogP contribution >= 0.6 is 0 Å². The number of rotatable bonds is 3. The fourth-order valence-corrected chi connectivity index (χ4v) is 3.03. The number of hydrogen-bond donors (Lipinski definition) is 2. The van der Waals surface area contributed by atoms with Crippen LogP contribution in [0.1, 0.15) is 36.0 Å². The van der Waals surface area contributed by atoms with Gasteiger partial charge in [-0.3, -0.25) is 9.78 Å². The van der Waals surface area contributed by atoms with Crippen LogP contribution in [0.3, 0.4) is 0 Å². The fraction of sp³-hybridized carbons (Fsp3) is 0.412. The van der Waals surface area contributed by atoms with E-state index in [1.54, 1.807) is 6.20 Å². The molecule has 2 unspecified atom stereocenters. The van der Waals surface area contributed by atoms with Gasteiger partial charge in [-0.15, -0.1) is 0 Å². The maximum absolute atomic E-state index is 12.3. The van der Waals surface area contributed by atoms with Crippen LogP contribution in [0.2, 0.25) is 0 Å². The predicted molar refractivity (Wildman–Crippen MR) is 84.0 cm³/mol. The van der Waals surface area contributed by atoms with Gasteiger partial charge in [0.05, 0.1) is 5.52 Å². The minimum absolute atomic E-state index is 0.0291. The third-order valence-corrected chi connectivity index (χ3v) is 4.36. The van der Waals surface area contributed by atoms with Gasteiger partial charge in [-0.2, -0.15) is 0 Å². The summed E-state index contributed by atoms with van der Waals surface area (Å²) < 4.78 is 0. The van der Waals surface area contributed by atoms with Crippen molar-refractivity contribution in [2.24, 2.45) is 11.7 Å². The van der Waals surface area contributed by atoms with E-state index in [1.807, 2.05) is 30.3 Å². The Morgan fingerprint density at radius 2 is 2.14 bits per heavy atom.